The van der Waals surface area contributed by atoms with Crippen LogP contribution in [0.3, 0.4) is 0 Å². The molecule has 180 valence electrons. The maximum absolute atomic E-state index is 13.3. The van der Waals surface area contributed by atoms with Crippen LogP contribution >= 0.6 is 0 Å². The van der Waals surface area contributed by atoms with Gasteiger partial charge in [0.15, 0.2) is 5.82 Å². The number of nitrogens with zero attached hydrogens (tertiary/aromatic N) is 5. The first kappa shape index (κ1) is 22.4. The summed E-state index contributed by atoms with van der Waals surface area (Å²) in [5.41, 5.74) is 1.03. The van der Waals surface area contributed by atoms with E-state index in [9.17, 15) is 4.79 Å². The molecule has 1 amide bonds. The van der Waals surface area contributed by atoms with Crippen molar-refractivity contribution >= 4 is 11.7 Å². The minimum atomic E-state index is -0.242. The fourth-order valence-electron chi connectivity index (χ4n) is 5.50. The van der Waals surface area contributed by atoms with Crippen LogP contribution in [0.2, 0.25) is 0 Å². The summed E-state index contributed by atoms with van der Waals surface area (Å²) < 4.78 is 15.3. The first-order valence-electron chi connectivity index (χ1n) is 12.0. The SMILES string of the molecule is CNC1CC(C(=O)NCC[C@@H]2CCC3OCOC3C2)N(c2nc(-n3ccnc3)n(C)c2C)C1. The number of aromatic nitrogens is 4. The maximum Gasteiger partial charge on any atom is 0.242 e. The smallest absolute Gasteiger partial charge is 0.242 e. The predicted octanol–water partition coefficient (Wildman–Crippen LogP) is 1.13. The van der Waals surface area contributed by atoms with Gasteiger partial charge in [0, 0.05) is 38.6 Å². The van der Waals surface area contributed by atoms with Crippen molar-refractivity contribution in [3.8, 4) is 5.95 Å². The molecule has 2 N–H and O–H groups in total. The van der Waals surface area contributed by atoms with Crippen molar-refractivity contribution < 1.29 is 14.3 Å². The molecular formula is C23H35N7O3. The Balaban J connectivity index is 1.24. The van der Waals surface area contributed by atoms with E-state index in [0.717, 1.165) is 56.1 Å². The van der Waals surface area contributed by atoms with Gasteiger partial charge in [-0.05, 0) is 52.0 Å². The Morgan fingerprint density at radius 3 is 2.88 bits per heavy atom. The zero-order chi connectivity index (χ0) is 22.9. The van der Waals surface area contributed by atoms with E-state index < -0.39 is 0 Å². The lowest BCUT2D eigenvalue weighted by atomic mass is 9.83. The molecule has 10 nitrogen and oxygen atoms in total. The molecule has 2 aromatic heterocycles. The number of rotatable bonds is 7. The number of nitrogens with one attached hydrogen (secondary N) is 2. The van der Waals surface area contributed by atoms with Crippen LogP contribution in [-0.4, -0.2) is 76.2 Å². The summed E-state index contributed by atoms with van der Waals surface area (Å²) in [5.74, 6) is 2.31. The Kier molecular flexibility index (Phi) is 6.40. The Bertz CT molecular complexity index is 960. The van der Waals surface area contributed by atoms with Gasteiger partial charge in [-0.2, -0.15) is 4.98 Å². The molecule has 0 bridgehead atoms. The molecule has 4 heterocycles. The molecule has 0 radical (unpaired) electrons. The lowest BCUT2D eigenvalue weighted by Crippen LogP contribution is -2.44. The molecule has 4 unspecified atom stereocenters. The minimum Gasteiger partial charge on any atom is -0.354 e. The highest BCUT2D eigenvalue weighted by atomic mass is 16.7. The summed E-state index contributed by atoms with van der Waals surface area (Å²) in [5, 5.41) is 6.56. The van der Waals surface area contributed by atoms with Crippen LogP contribution in [0.5, 0.6) is 0 Å². The van der Waals surface area contributed by atoms with Crippen LogP contribution in [0.1, 0.15) is 37.8 Å². The minimum absolute atomic E-state index is 0.0797. The molecule has 3 fully saturated rings. The first-order chi connectivity index (χ1) is 16.0. The van der Waals surface area contributed by atoms with Crippen molar-refractivity contribution in [2.45, 2.75) is 63.3 Å². The highest BCUT2D eigenvalue weighted by Crippen LogP contribution is 2.34. The number of fused-ring (bicyclic) bond motifs is 1. The Hall–Kier alpha value is -2.43. The average Bonchev–Trinajstić information content (AvgIpc) is 3.61. The molecule has 5 atom stereocenters. The van der Waals surface area contributed by atoms with E-state index in [1.54, 1.807) is 12.5 Å². The van der Waals surface area contributed by atoms with Gasteiger partial charge in [-0.1, -0.05) is 0 Å². The number of carbonyl (C=O) groups is 1. The fraction of sp³-hybridized carbons (Fsp3) is 0.696. The summed E-state index contributed by atoms with van der Waals surface area (Å²) in [7, 11) is 3.95. The molecule has 10 heteroatoms. The van der Waals surface area contributed by atoms with Crippen LogP contribution < -0.4 is 15.5 Å². The molecular weight excluding hydrogens is 422 g/mol. The van der Waals surface area contributed by atoms with Crippen molar-refractivity contribution in [1.82, 2.24) is 29.7 Å². The molecule has 0 spiro atoms. The lowest BCUT2D eigenvalue weighted by molar-refractivity contribution is -0.122. The van der Waals surface area contributed by atoms with Crippen molar-refractivity contribution in [1.29, 1.82) is 0 Å². The molecule has 5 rings (SSSR count). The topological polar surface area (TPSA) is 98.5 Å². The lowest BCUT2D eigenvalue weighted by Gasteiger charge is -2.30. The zero-order valence-electron chi connectivity index (χ0n) is 19.7. The van der Waals surface area contributed by atoms with E-state index in [2.05, 4.69) is 27.4 Å². The number of anilines is 1. The third kappa shape index (κ3) is 4.39. The highest BCUT2D eigenvalue weighted by molar-refractivity contribution is 5.86. The highest BCUT2D eigenvalue weighted by Gasteiger charge is 2.39. The van der Waals surface area contributed by atoms with Crippen molar-refractivity contribution in [3.05, 3.63) is 24.4 Å². The second kappa shape index (κ2) is 9.44. The summed E-state index contributed by atoms with van der Waals surface area (Å²) in [6, 6.07) is 0.00244. The third-order valence-corrected chi connectivity index (χ3v) is 7.61. The molecule has 33 heavy (non-hydrogen) atoms. The second-order valence-electron chi connectivity index (χ2n) is 9.53. The predicted molar refractivity (Wildman–Crippen MR) is 123 cm³/mol. The van der Waals surface area contributed by atoms with Crippen LogP contribution in [0.25, 0.3) is 5.95 Å². The van der Waals surface area contributed by atoms with Gasteiger partial charge in [-0.3, -0.25) is 9.36 Å². The largest absolute Gasteiger partial charge is 0.354 e. The molecule has 2 saturated heterocycles. The van der Waals surface area contributed by atoms with E-state index in [0.29, 0.717) is 19.3 Å². The number of carbonyl (C=O) groups excluding carboxylic acids is 1. The number of ether oxygens (including phenoxy) is 2. The van der Waals surface area contributed by atoms with Gasteiger partial charge in [-0.15, -0.1) is 0 Å². The maximum atomic E-state index is 13.3. The summed E-state index contributed by atoms with van der Waals surface area (Å²) in [6.07, 6.45) is 10.8. The van der Waals surface area contributed by atoms with Gasteiger partial charge in [0.2, 0.25) is 11.9 Å². The third-order valence-electron chi connectivity index (χ3n) is 7.61. The van der Waals surface area contributed by atoms with Gasteiger partial charge in [0.25, 0.3) is 0 Å². The van der Waals surface area contributed by atoms with Gasteiger partial charge in [-0.25, -0.2) is 4.98 Å². The van der Waals surface area contributed by atoms with Gasteiger partial charge >= 0.3 is 0 Å². The quantitative estimate of drug-likeness (QED) is 0.643. The van der Waals surface area contributed by atoms with Gasteiger partial charge < -0.3 is 29.6 Å². The van der Waals surface area contributed by atoms with Crippen molar-refractivity contribution in [3.63, 3.8) is 0 Å². The Labute approximate surface area is 194 Å². The number of hydrogen-bond donors (Lipinski definition) is 2. The Morgan fingerprint density at radius 2 is 2.09 bits per heavy atom. The standard InChI is InChI=1S/C23H35N7O3/c1-15-21(27-23(28(15)3)29-9-8-25-13-29)30-12-17(24-2)11-18(30)22(31)26-7-6-16-4-5-19-20(10-16)33-14-32-19/h8-9,13,16-20,24H,4-7,10-12,14H2,1-3H3,(H,26,31)/t16-,17?,18?,19?,20?/m0/s1. The fourth-order valence-corrected chi connectivity index (χ4v) is 5.50. The number of imidazole rings is 2. The van der Waals surface area contributed by atoms with E-state index in [-0.39, 0.29) is 30.2 Å². The average molecular weight is 458 g/mol. The van der Waals surface area contributed by atoms with Crippen LogP contribution in [0.4, 0.5) is 5.82 Å². The van der Waals surface area contributed by atoms with Crippen molar-refractivity contribution in [2.24, 2.45) is 13.0 Å². The molecule has 2 aromatic rings. The van der Waals surface area contributed by atoms with Crippen LogP contribution in [0, 0.1) is 12.8 Å². The number of likely N-dealkylation sites (N-methyl/N-ethyl adjacent to an activating group) is 1. The molecule has 1 aliphatic carbocycles. The summed E-state index contributed by atoms with van der Waals surface area (Å²) >= 11 is 0. The van der Waals surface area contributed by atoms with Gasteiger partial charge in [0.1, 0.15) is 19.2 Å². The number of hydrogen-bond acceptors (Lipinski definition) is 7. The van der Waals surface area contributed by atoms with Crippen LogP contribution in [-0.2, 0) is 21.3 Å². The zero-order valence-corrected chi connectivity index (χ0v) is 19.7. The molecule has 3 aliphatic rings. The number of amides is 1. The summed E-state index contributed by atoms with van der Waals surface area (Å²) in [6.45, 7) is 3.92. The van der Waals surface area contributed by atoms with Crippen LogP contribution in [0.15, 0.2) is 18.7 Å². The molecule has 0 aromatic carbocycles. The Morgan fingerprint density at radius 1 is 1.24 bits per heavy atom. The second-order valence-corrected chi connectivity index (χ2v) is 9.53. The van der Waals surface area contributed by atoms with E-state index in [1.165, 1.54) is 0 Å². The van der Waals surface area contributed by atoms with E-state index >= 15 is 0 Å². The summed E-state index contributed by atoms with van der Waals surface area (Å²) in [4.78, 5) is 24.5. The van der Waals surface area contributed by atoms with Gasteiger partial charge in [0.05, 0.1) is 17.9 Å². The van der Waals surface area contributed by atoms with Crippen molar-refractivity contribution in [2.75, 3.05) is 31.8 Å². The molecule has 1 saturated carbocycles. The monoisotopic (exact) mass is 457 g/mol. The first-order valence-corrected chi connectivity index (χ1v) is 12.0. The molecule has 2 aliphatic heterocycles. The van der Waals surface area contributed by atoms with E-state index in [4.69, 9.17) is 14.5 Å². The van der Waals surface area contributed by atoms with E-state index in [1.807, 2.05) is 29.4 Å². The normalized spacial score (nSPS) is 29.4.